The number of hydrogen-bond acceptors (Lipinski definition) is 2. The lowest BCUT2D eigenvalue weighted by Gasteiger charge is -2.15. The summed E-state index contributed by atoms with van der Waals surface area (Å²) in [6.07, 6.45) is 0. The normalized spacial score (nSPS) is 12.3. The Kier molecular flexibility index (Phi) is 5.60. The maximum Gasteiger partial charge on any atom is 0.0713 e. The Bertz CT molecular complexity index is 556. The molecule has 2 rings (SSSR count). The third-order valence-electron chi connectivity index (χ3n) is 3.26. The van der Waals surface area contributed by atoms with Crippen LogP contribution in [0.5, 0.6) is 0 Å². The Morgan fingerprint density at radius 3 is 2.60 bits per heavy atom. The third-order valence-corrected chi connectivity index (χ3v) is 3.50. The van der Waals surface area contributed by atoms with E-state index in [0.29, 0.717) is 6.61 Å². The molecule has 0 aromatic heterocycles. The molecule has 0 aliphatic heterocycles. The van der Waals surface area contributed by atoms with E-state index in [1.54, 1.807) is 7.11 Å². The van der Waals surface area contributed by atoms with Gasteiger partial charge in [0.15, 0.2) is 0 Å². The van der Waals surface area contributed by atoms with E-state index in [-0.39, 0.29) is 6.04 Å². The number of methoxy groups -OCH3 is 1. The smallest absolute Gasteiger partial charge is 0.0713 e. The van der Waals surface area contributed by atoms with Gasteiger partial charge in [-0.3, -0.25) is 0 Å². The standard InChI is InChI=1S/C17H20ClNO/c1-13(16-7-4-8-17(18)10-16)19-11-14-5-3-6-15(9-14)12-20-2/h3-10,13,19H,11-12H2,1-2H3/t13-/m1/s1. The average Bonchev–Trinajstić information content (AvgIpc) is 2.45. The summed E-state index contributed by atoms with van der Waals surface area (Å²) in [4.78, 5) is 0. The van der Waals surface area contributed by atoms with Gasteiger partial charge in [0, 0.05) is 24.7 Å². The molecule has 2 nitrogen and oxygen atoms in total. The van der Waals surface area contributed by atoms with Crippen molar-refractivity contribution in [3.05, 3.63) is 70.2 Å². The minimum Gasteiger partial charge on any atom is -0.380 e. The molecule has 0 unspecified atom stereocenters. The van der Waals surface area contributed by atoms with Crippen molar-refractivity contribution in [2.24, 2.45) is 0 Å². The first-order valence-corrected chi connectivity index (χ1v) is 7.12. The van der Waals surface area contributed by atoms with Crippen LogP contribution in [0.25, 0.3) is 0 Å². The van der Waals surface area contributed by atoms with E-state index >= 15 is 0 Å². The molecule has 0 bridgehead atoms. The number of rotatable bonds is 6. The quantitative estimate of drug-likeness (QED) is 0.854. The molecule has 0 fully saturated rings. The molecule has 0 aliphatic carbocycles. The molecular formula is C17H20ClNO. The Morgan fingerprint density at radius 1 is 1.10 bits per heavy atom. The van der Waals surface area contributed by atoms with Crippen molar-refractivity contribution in [1.82, 2.24) is 5.32 Å². The first-order valence-electron chi connectivity index (χ1n) is 6.74. The Balaban J connectivity index is 1.96. The van der Waals surface area contributed by atoms with Crippen LogP contribution in [-0.2, 0) is 17.9 Å². The van der Waals surface area contributed by atoms with Crippen molar-refractivity contribution in [1.29, 1.82) is 0 Å². The summed E-state index contributed by atoms with van der Waals surface area (Å²) in [5.74, 6) is 0. The van der Waals surface area contributed by atoms with Crippen molar-refractivity contribution in [3.8, 4) is 0 Å². The molecule has 1 N–H and O–H groups in total. The Hall–Kier alpha value is -1.35. The van der Waals surface area contributed by atoms with Crippen LogP contribution in [0.4, 0.5) is 0 Å². The van der Waals surface area contributed by atoms with Gasteiger partial charge in [-0.15, -0.1) is 0 Å². The molecule has 0 spiro atoms. The third kappa shape index (κ3) is 4.34. The SMILES string of the molecule is COCc1cccc(CN[C@H](C)c2cccc(Cl)c2)c1. The maximum absolute atomic E-state index is 6.02. The highest BCUT2D eigenvalue weighted by Crippen LogP contribution is 2.18. The van der Waals surface area contributed by atoms with E-state index in [9.17, 15) is 0 Å². The lowest BCUT2D eigenvalue weighted by Crippen LogP contribution is -2.18. The summed E-state index contributed by atoms with van der Waals surface area (Å²) in [5.41, 5.74) is 3.65. The van der Waals surface area contributed by atoms with Crippen LogP contribution in [0.1, 0.15) is 29.7 Å². The van der Waals surface area contributed by atoms with Crippen LogP contribution < -0.4 is 5.32 Å². The Morgan fingerprint density at radius 2 is 1.85 bits per heavy atom. The molecule has 3 heteroatoms. The second-order valence-electron chi connectivity index (χ2n) is 4.91. The van der Waals surface area contributed by atoms with Gasteiger partial charge in [-0.2, -0.15) is 0 Å². The summed E-state index contributed by atoms with van der Waals surface area (Å²) >= 11 is 6.02. The van der Waals surface area contributed by atoms with Crippen molar-refractivity contribution < 1.29 is 4.74 Å². The fourth-order valence-corrected chi connectivity index (χ4v) is 2.36. The fraction of sp³-hybridized carbons (Fsp3) is 0.294. The van der Waals surface area contributed by atoms with Gasteiger partial charge in [-0.1, -0.05) is 48.0 Å². The van der Waals surface area contributed by atoms with Gasteiger partial charge in [0.25, 0.3) is 0 Å². The van der Waals surface area contributed by atoms with Gasteiger partial charge in [0.2, 0.25) is 0 Å². The Labute approximate surface area is 125 Å². The molecule has 0 saturated heterocycles. The van der Waals surface area contributed by atoms with Crippen LogP contribution >= 0.6 is 11.6 Å². The number of nitrogens with one attached hydrogen (secondary N) is 1. The van der Waals surface area contributed by atoms with Crippen molar-refractivity contribution in [2.75, 3.05) is 7.11 Å². The molecule has 0 aliphatic rings. The van der Waals surface area contributed by atoms with Crippen molar-refractivity contribution >= 4 is 11.6 Å². The van der Waals surface area contributed by atoms with Crippen LogP contribution in [0, 0.1) is 0 Å². The van der Waals surface area contributed by atoms with E-state index < -0.39 is 0 Å². The molecule has 0 radical (unpaired) electrons. The molecule has 106 valence electrons. The molecule has 1 atom stereocenters. The number of hydrogen-bond donors (Lipinski definition) is 1. The fourth-order valence-electron chi connectivity index (χ4n) is 2.16. The highest BCUT2D eigenvalue weighted by atomic mass is 35.5. The van der Waals surface area contributed by atoms with Crippen LogP contribution in [0.2, 0.25) is 5.02 Å². The summed E-state index contributed by atoms with van der Waals surface area (Å²) < 4.78 is 5.16. The van der Waals surface area contributed by atoms with Crippen LogP contribution in [0.15, 0.2) is 48.5 Å². The second-order valence-corrected chi connectivity index (χ2v) is 5.35. The van der Waals surface area contributed by atoms with Gasteiger partial charge < -0.3 is 10.1 Å². The molecule has 0 heterocycles. The van der Waals surface area contributed by atoms with E-state index in [2.05, 4.69) is 42.6 Å². The predicted molar refractivity (Wildman–Crippen MR) is 83.9 cm³/mol. The van der Waals surface area contributed by atoms with Gasteiger partial charge in [-0.05, 0) is 35.7 Å². The molecule has 0 amide bonds. The zero-order valence-corrected chi connectivity index (χ0v) is 12.7. The lowest BCUT2D eigenvalue weighted by molar-refractivity contribution is 0.185. The highest BCUT2D eigenvalue weighted by Gasteiger charge is 2.05. The predicted octanol–water partition coefficient (Wildman–Crippen LogP) is 4.34. The second kappa shape index (κ2) is 7.44. The first kappa shape index (κ1) is 15.0. The molecule has 2 aromatic rings. The van der Waals surface area contributed by atoms with Gasteiger partial charge >= 0.3 is 0 Å². The number of ether oxygens (including phenoxy) is 1. The van der Waals surface area contributed by atoms with E-state index in [1.807, 2.05) is 18.2 Å². The maximum atomic E-state index is 6.02. The van der Waals surface area contributed by atoms with E-state index in [0.717, 1.165) is 11.6 Å². The zero-order chi connectivity index (χ0) is 14.4. The largest absolute Gasteiger partial charge is 0.380 e. The van der Waals surface area contributed by atoms with Crippen LogP contribution in [-0.4, -0.2) is 7.11 Å². The molecular weight excluding hydrogens is 270 g/mol. The lowest BCUT2D eigenvalue weighted by atomic mass is 10.1. The monoisotopic (exact) mass is 289 g/mol. The van der Waals surface area contributed by atoms with Crippen molar-refractivity contribution in [2.45, 2.75) is 26.1 Å². The first-order chi connectivity index (χ1) is 9.69. The number of benzene rings is 2. The van der Waals surface area contributed by atoms with Gasteiger partial charge in [0.05, 0.1) is 6.61 Å². The van der Waals surface area contributed by atoms with Crippen LogP contribution in [0.3, 0.4) is 0 Å². The minimum atomic E-state index is 0.264. The highest BCUT2D eigenvalue weighted by molar-refractivity contribution is 6.30. The van der Waals surface area contributed by atoms with Crippen molar-refractivity contribution in [3.63, 3.8) is 0 Å². The molecule has 20 heavy (non-hydrogen) atoms. The minimum absolute atomic E-state index is 0.264. The zero-order valence-electron chi connectivity index (χ0n) is 11.9. The topological polar surface area (TPSA) is 21.3 Å². The van der Waals surface area contributed by atoms with Gasteiger partial charge in [-0.25, -0.2) is 0 Å². The summed E-state index contributed by atoms with van der Waals surface area (Å²) in [6.45, 7) is 3.62. The summed E-state index contributed by atoms with van der Waals surface area (Å²) in [5, 5.41) is 4.29. The molecule has 2 aromatic carbocycles. The average molecular weight is 290 g/mol. The van der Waals surface area contributed by atoms with E-state index in [1.165, 1.54) is 16.7 Å². The van der Waals surface area contributed by atoms with E-state index in [4.69, 9.17) is 16.3 Å². The van der Waals surface area contributed by atoms with Gasteiger partial charge in [0.1, 0.15) is 0 Å². The molecule has 0 saturated carbocycles. The summed E-state index contributed by atoms with van der Waals surface area (Å²) in [7, 11) is 1.71. The summed E-state index contributed by atoms with van der Waals surface area (Å²) in [6, 6.07) is 16.7. The number of halogens is 1.